The van der Waals surface area contributed by atoms with Crippen LogP contribution in [0.5, 0.6) is 0 Å². The summed E-state index contributed by atoms with van der Waals surface area (Å²) in [6.45, 7) is 0. The molecular weight excluding hydrogens is 231 g/mol. The van der Waals surface area contributed by atoms with Crippen LogP contribution < -0.4 is 0 Å². The van der Waals surface area contributed by atoms with E-state index >= 15 is 0 Å². The fourth-order valence-corrected chi connectivity index (χ4v) is 0.933. The number of hydrogen-bond donors (Lipinski definition) is 0. The van der Waals surface area contributed by atoms with E-state index in [2.05, 4.69) is 15.9 Å². The van der Waals surface area contributed by atoms with Gasteiger partial charge in [-0.2, -0.15) is 0 Å². The minimum atomic E-state index is -0.649. The Bertz CT molecular complexity index is 137. The molecule has 0 aliphatic rings. The summed E-state index contributed by atoms with van der Waals surface area (Å²) in [5.41, 5.74) is 0. The maximum absolute atomic E-state index is 10.2. The van der Waals surface area contributed by atoms with Crippen molar-refractivity contribution in [1.82, 2.24) is 0 Å². The molecule has 52 valence electrons. The third-order valence-electron chi connectivity index (χ3n) is 0.586. The predicted octanol–water partition coefficient (Wildman–Crippen LogP) is 1.67. The van der Waals surface area contributed by atoms with Gasteiger partial charge in [-0.3, -0.25) is 9.59 Å². The van der Waals surface area contributed by atoms with E-state index in [1.165, 1.54) is 0 Å². The molecule has 0 fully saturated rings. The second-order valence-electron chi connectivity index (χ2n) is 1.33. The van der Waals surface area contributed by atoms with Gasteiger partial charge < -0.3 is 0 Å². The number of alkyl halides is 1. The number of carbonyl (C=O) groups is 2. The SMILES string of the molecule is O=C(Cl)C[C@@H](Br)C(=O)Cl. The van der Waals surface area contributed by atoms with Crippen LogP contribution in [0, 0.1) is 0 Å². The summed E-state index contributed by atoms with van der Waals surface area (Å²) in [5.74, 6) is 0. The maximum Gasteiger partial charge on any atom is 0.235 e. The number of halogens is 3. The molecular formula is C4H3BrCl2O2. The Morgan fingerprint density at radius 3 is 2.00 bits per heavy atom. The monoisotopic (exact) mass is 232 g/mol. The molecule has 0 aliphatic heterocycles. The van der Waals surface area contributed by atoms with Crippen molar-refractivity contribution in [1.29, 1.82) is 0 Å². The average molecular weight is 234 g/mol. The number of hydrogen-bond acceptors (Lipinski definition) is 2. The molecule has 0 aromatic rings. The highest BCUT2D eigenvalue weighted by molar-refractivity contribution is 9.10. The molecule has 0 rings (SSSR count). The van der Waals surface area contributed by atoms with Crippen molar-refractivity contribution in [2.24, 2.45) is 0 Å². The molecule has 0 aromatic carbocycles. The Kier molecular flexibility index (Phi) is 4.44. The van der Waals surface area contributed by atoms with Crippen LogP contribution in [-0.4, -0.2) is 15.3 Å². The van der Waals surface area contributed by atoms with Crippen LogP contribution in [0.2, 0.25) is 0 Å². The Morgan fingerprint density at radius 2 is 1.89 bits per heavy atom. The Hall–Kier alpha value is 0.400. The van der Waals surface area contributed by atoms with E-state index in [9.17, 15) is 9.59 Å². The van der Waals surface area contributed by atoms with Crippen molar-refractivity contribution >= 4 is 49.6 Å². The van der Waals surface area contributed by atoms with Crippen LogP contribution >= 0.6 is 39.1 Å². The first-order chi connectivity index (χ1) is 4.04. The molecule has 0 unspecified atom stereocenters. The zero-order valence-electron chi connectivity index (χ0n) is 4.23. The highest BCUT2D eigenvalue weighted by Gasteiger charge is 2.14. The minimum absolute atomic E-state index is 0.0656. The number of rotatable bonds is 3. The fourth-order valence-electron chi connectivity index (χ4n) is 0.221. The van der Waals surface area contributed by atoms with Gasteiger partial charge in [-0.25, -0.2) is 0 Å². The van der Waals surface area contributed by atoms with Gasteiger partial charge in [0.15, 0.2) is 0 Å². The zero-order chi connectivity index (χ0) is 7.44. The Labute approximate surface area is 70.6 Å². The summed E-state index contributed by atoms with van der Waals surface area (Å²) in [7, 11) is 0. The Balaban J connectivity index is 3.63. The van der Waals surface area contributed by atoms with Crippen molar-refractivity contribution in [2.45, 2.75) is 11.2 Å². The topological polar surface area (TPSA) is 34.1 Å². The highest BCUT2D eigenvalue weighted by atomic mass is 79.9. The molecule has 0 N–H and O–H groups in total. The third kappa shape index (κ3) is 4.88. The molecule has 5 heteroatoms. The lowest BCUT2D eigenvalue weighted by atomic mass is 10.4. The summed E-state index contributed by atoms with van der Waals surface area (Å²) in [5, 5.41) is -1.19. The average Bonchev–Trinajstić information content (AvgIpc) is 1.63. The summed E-state index contributed by atoms with van der Waals surface area (Å²) >= 11 is 12.8. The third-order valence-corrected chi connectivity index (χ3v) is 2.01. The van der Waals surface area contributed by atoms with E-state index in [0.29, 0.717) is 0 Å². The fraction of sp³-hybridized carbons (Fsp3) is 0.500. The van der Waals surface area contributed by atoms with Crippen LogP contribution in [-0.2, 0) is 9.59 Å². The first-order valence-electron chi connectivity index (χ1n) is 2.05. The van der Waals surface area contributed by atoms with Gasteiger partial charge in [-0.05, 0) is 23.2 Å². The van der Waals surface area contributed by atoms with Gasteiger partial charge in [0.2, 0.25) is 10.5 Å². The minimum Gasteiger partial charge on any atom is -0.281 e. The van der Waals surface area contributed by atoms with Crippen LogP contribution in [0.4, 0.5) is 0 Å². The van der Waals surface area contributed by atoms with Crippen LogP contribution in [0.15, 0.2) is 0 Å². The number of carbonyl (C=O) groups excluding carboxylic acids is 2. The smallest absolute Gasteiger partial charge is 0.235 e. The molecule has 0 saturated carbocycles. The van der Waals surface area contributed by atoms with Gasteiger partial charge in [-0.15, -0.1) is 0 Å². The summed E-state index contributed by atoms with van der Waals surface area (Å²) in [4.78, 5) is 19.6. The standard InChI is InChI=1S/C4H3BrCl2O2/c5-2(4(7)9)1-3(6)8/h2H,1H2/t2-/m1/s1. The second kappa shape index (κ2) is 4.25. The van der Waals surface area contributed by atoms with Gasteiger partial charge in [0, 0.05) is 6.42 Å². The van der Waals surface area contributed by atoms with E-state index in [4.69, 9.17) is 23.2 Å². The van der Waals surface area contributed by atoms with E-state index in [1.54, 1.807) is 0 Å². The van der Waals surface area contributed by atoms with Crippen molar-refractivity contribution in [2.75, 3.05) is 0 Å². The van der Waals surface area contributed by atoms with Gasteiger partial charge in [0.1, 0.15) is 0 Å². The lowest BCUT2D eigenvalue weighted by molar-refractivity contribution is -0.115. The normalized spacial score (nSPS) is 12.8. The highest BCUT2D eigenvalue weighted by Crippen LogP contribution is 2.10. The van der Waals surface area contributed by atoms with Crippen molar-refractivity contribution in [3.8, 4) is 0 Å². The summed E-state index contributed by atoms with van der Waals surface area (Å²) < 4.78 is 0. The van der Waals surface area contributed by atoms with E-state index in [0.717, 1.165) is 0 Å². The molecule has 2 nitrogen and oxygen atoms in total. The Morgan fingerprint density at radius 1 is 1.44 bits per heavy atom. The van der Waals surface area contributed by atoms with Gasteiger partial charge >= 0.3 is 0 Å². The largest absolute Gasteiger partial charge is 0.281 e. The molecule has 0 aromatic heterocycles. The van der Waals surface area contributed by atoms with Crippen LogP contribution in [0.3, 0.4) is 0 Å². The lowest BCUT2D eigenvalue weighted by Gasteiger charge is -1.96. The van der Waals surface area contributed by atoms with E-state index < -0.39 is 15.3 Å². The second-order valence-corrected chi connectivity index (χ2v) is 3.23. The van der Waals surface area contributed by atoms with Crippen molar-refractivity contribution < 1.29 is 9.59 Å². The predicted molar refractivity (Wildman–Crippen MR) is 39.1 cm³/mol. The molecule has 9 heavy (non-hydrogen) atoms. The lowest BCUT2D eigenvalue weighted by Crippen LogP contribution is -2.09. The van der Waals surface area contributed by atoms with Gasteiger partial charge in [0.25, 0.3) is 0 Å². The van der Waals surface area contributed by atoms with Gasteiger partial charge in [-0.1, -0.05) is 15.9 Å². The van der Waals surface area contributed by atoms with Crippen molar-refractivity contribution in [3.05, 3.63) is 0 Å². The molecule has 0 saturated heterocycles. The molecule has 0 aliphatic carbocycles. The maximum atomic E-state index is 10.2. The van der Waals surface area contributed by atoms with E-state index in [-0.39, 0.29) is 6.42 Å². The first kappa shape index (κ1) is 9.40. The summed E-state index contributed by atoms with van der Waals surface area (Å²) in [6.07, 6.45) is -0.0656. The van der Waals surface area contributed by atoms with Crippen LogP contribution in [0.25, 0.3) is 0 Å². The molecule has 1 atom stereocenters. The summed E-state index contributed by atoms with van der Waals surface area (Å²) in [6, 6.07) is 0. The molecule has 0 amide bonds. The van der Waals surface area contributed by atoms with Crippen molar-refractivity contribution in [3.63, 3.8) is 0 Å². The van der Waals surface area contributed by atoms with Crippen LogP contribution in [0.1, 0.15) is 6.42 Å². The van der Waals surface area contributed by atoms with Gasteiger partial charge in [0.05, 0.1) is 4.83 Å². The molecule has 0 bridgehead atoms. The molecule has 0 spiro atoms. The molecule has 0 radical (unpaired) electrons. The molecule has 0 heterocycles. The van der Waals surface area contributed by atoms with E-state index in [1.807, 2.05) is 0 Å². The zero-order valence-corrected chi connectivity index (χ0v) is 7.33. The first-order valence-corrected chi connectivity index (χ1v) is 3.73. The quantitative estimate of drug-likeness (QED) is 0.549.